The summed E-state index contributed by atoms with van der Waals surface area (Å²) in [5.74, 6) is -0.306. The summed E-state index contributed by atoms with van der Waals surface area (Å²) in [6.07, 6.45) is 4.30. The van der Waals surface area contributed by atoms with E-state index in [0.717, 1.165) is 0 Å². The monoisotopic (exact) mass is 181 g/mol. The molecule has 5 nitrogen and oxygen atoms in total. The lowest BCUT2D eigenvalue weighted by molar-refractivity contribution is -0.116. The fraction of sp³-hybridized carbons (Fsp3) is 0.250. The summed E-state index contributed by atoms with van der Waals surface area (Å²) in [4.78, 5) is 15.9. The fourth-order valence-corrected chi connectivity index (χ4v) is 0.818. The minimum atomic E-state index is -0.306. The van der Waals surface area contributed by atoms with Gasteiger partial charge in [0, 0.05) is 12.4 Å². The molecule has 0 aromatic heterocycles. The zero-order valence-corrected chi connectivity index (χ0v) is 7.26. The Morgan fingerprint density at radius 1 is 1.77 bits per heavy atom. The van der Waals surface area contributed by atoms with Crippen LogP contribution in [0, 0.1) is 5.41 Å². The lowest BCUT2D eigenvalue weighted by atomic mass is 10.1. The van der Waals surface area contributed by atoms with Crippen LogP contribution in [0.1, 0.15) is 6.92 Å². The molecule has 1 amide bonds. The van der Waals surface area contributed by atoms with Gasteiger partial charge < -0.3 is 5.32 Å². The van der Waals surface area contributed by atoms with Crippen LogP contribution in [0.15, 0.2) is 24.0 Å². The Kier molecular flexibility index (Phi) is 3.22. The van der Waals surface area contributed by atoms with Crippen molar-refractivity contribution in [3.63, 3.8) is 0 Å². The van der Waals surface area contributed by atoms with Crippen molar-refractivity contribution in [2.75, 3.05) is 6.61 Å². The Hall–Kier alpha value is -1.62. The van der Waals surface area contributed by atoms with Gasteiger partial charge in [-0.25, -0.2) is 0 Å². The molecule has 0 unspecified atom stereocenters. The smallest absolute Gasteiger partial charge is 0.258 e. The average Bonchev–Trinajstić information content (AvgIpc) is 2.10. The van der Waals surface area contributed by atoms with Crippen LogP contribution in [0.3, 0.4) is 0 Å². The molecule has 0 spiro atoms. The number of carbonyl (C=O) groups excluding carboxylic acids is 1. The molecule has 0 radical (unpaired) electrons. The topological polar surface area (TPSA) is 74.2 Å². The molecule has 0 aliphatic carbocycles. The van der Waals surface area contributed by atoms with Gasteiger partial charge in [-0.1, -0.05) is 0 Å². The summed E-state index contributed by atoms with van der Waals surface area (Å²) in [6.45, 7) is 2.31. The van der Waals surface area contributed by atoms with Gasteiger partial charge in [-0.2, -0.15) is 0 Å². The number of nitrogens with one attached hydrogen (secondary N) is 3. The molecule has 0 aromatic carbocycles. The molecule has 5 heteroatoms. The van der Waals surface area contributed by atoms with Crippen LogP contribution >= 0.6 is 0 Å². The van der Waals surface area contributed by atoms with Crippen LogP contribution in [-0.2, 0) is 9.63 Å². The molecule has 0 atom stereocenters. The Balaban J connectivity index is 2.65. The van der Waals surface area contributed by atoms with Crippen molar-refractivity contribution in [2.45, 2.75) is 6.92 Å². The second-order valence-corrected chi connectivity index (χ2v) is 2.33. The van der Waals surface area contributed by atoms with E-state index in [0.29, 0.717) is 6.61 Å². The Morgan fingerprint density at radius 2 is 2.54 bits per heavy atom. The van der Waals surface area contributed by atoms with E-state index < -0.39 is 0 Å². The Bertz CT molecular complexity index is 281. The quantitative estimate of drug-likeness (QED) is 0.328. The summed E-state index contributed by atoms with van der Waals surface area (Å²) in [5, 5.41) is 9.87. The van der Waals surface area contributed by atoms with Gasteiger partial charge in [0.15, 0.2) is 0 Å². The molecule has 1 rings (SSSR count). The zero-order chi connectivity index (χ0) is 9.68. The first-order chi connectivity index (χ1) is 6.25. The summed E-state index contributed by atoms with van der Waals surface area (Å²) in [5.41, 5.74) is 2.89. The maximum atomic E-state index is 11.1. The second kappa shape index (κ2) is 4.42. The minimum absolute atomic E-state index is 0.163. The molecule has 13 heavy (non-hydrogen) atoms. The van der Waals surface area contributed by atoms with Crippen molar-refractivity contribution < 1.29 is 9.63 Å². The highest BCUT2D eigenvalue weighted by atomic mass is 16.6. The van der Waals surface area contributed by atoms with Crippen LogP contribution in [0.5, 0.6) is 0 Å². The van der Waals surface area contributed by atoms with Crippen LogP contribution in [0.4, 0.5) is 0 Å². The number of amides is 1. The first-order valence-electron chi connectivity index (χ1n) is 3.89. The van der Waals surface area contributed by atoms with Crippen molar-refractivity contribution in [3.05, 3.63) is 24.0 Å². The van der Waals surface area contributed by atoms with Gasteiger partial charge >= 0.3 is 0 Å². The van der Waals surface area contributed by atoms with Crippen molar-refractivity contribution >= 4 is 11.6 Å². The summed E-state index contributed by atoms with van der Waals surface area (Å²) >= 11 is 0. The third-order valence-electron chi connectivity index (χ3n) is 1.43. The molecular weight excluding hydrogens is 170 g/mol. The van der Waals surface area contributed by atoms with Gasteiger partial charge in [0.25, 0.3) is 5.91 Å². The van der Waals surface area contributed by atoms with Crippen molar-refractivity contribution in [2.24, 2.45) is 0 Å². The molecule has 0 saturated carbocycles. The number of hydrogen-bond acceptors (Lipinski definition) is 4. The molecular formula is C8H11N3O2. The van der Waals surface area contributed by atoms with Crippen molar-refractivity contribution in [3.8, 4) is 0 Å². The van der Waals surface area contributed by atoms with Gasteiger partial charge in [0.2, 0.25) is 0 Å². The minimum Gasteiger partial charge on any atom is -0.328 e. The summed E-state index contributed by atoms with van der Waals surface area (Å²) in [7, 11) is 0. The molecule has 70 valence electrons. The highest BCUT2D eigenvalue weighted by molar-refractivity contribution is 6.26. The number of rotatable bonds is 3. The van der Waals surface area contributed by atoms with Crippen molar-refractivity contribution in [1.82, 2.24) is 10.8 Å². The molecule has 1 heterocycles. The Morgan fingerprint density at radius 3 is 3.15 bits per heavy atom. The first-order valence-corrected chi connectivity index (χ1v) is 3.89. The second-order valence-electron chi connectivity index (χ2n) is 2.33. The summed E-state index contributed by atoms with van der Waals surface area (Å²) < 4.78 is 0. The predicted octanol–water partition coefficient (Wildman–Crippen LogP) is 0.0747. The largest absolute Gasteiger partial charge is 0.328 e. The third kappa shape index (κ3) is 2.41. The standard InChI is InChI=1S/C8H11N3O2/c1-2-13-11-5-6-7(9)3-4-10-8(6)12/h3-5,9,11H,2H2,1H3,(H,10,12)/b6-5+,9-7?. The average molecular weight is 181 g/mol. The maximum absolute atomic E-state index is 11.1. The molecule has 0 saturated heterocycles. The highest BCUT2D eigenvalue weighted by Crippen LogP contribution is 2.01. The number of allylic oxidation sites excluding steroid dienone is 1. The molecule has 0 aromatic rings. The number of hydroxylamine groups is 1. The van der Waals surface area contributed by atoms with Crippen LogP contribution in [0.2, 0.25) is 0 Å². The first kappa shape index (κ1) is 9.47. The lowest BCUT2D eigenvalue weighted by Crippen LogP contribution is -2.29. The SMILES string of the molecule is CCON/C=C1\C(=N)C=CNC1=O. The van der Waals surface area contributed by atoms with E-state index in [1.165, 1.54) is 18.5 Å². The van der Waals surface area contributed by atoms with E-state index in [-0.39, 0.29) is 17.2 Å². The van der Waals surface area contributed by atoms with E-state index in [9.17, 15) is 4.79 Å². The maximum Gasteiger partial charge on any atom is 0.258 e. The zero-order valence-electron chi connectivity index (χ0n) is 7.26. The lowest BCUT2D eigenvalue weighted by Gasteiger charge is -2.10. The molecule has 1 aliphatic heterocycles. The van der Waals surface area contributed by atoms with E-state index in [1.807, 2.05) is 6.92 Å². The van der Waals surface area contributed by atoms with E-state index in [4.69, 9.17) is 10.2 Å². The van der Waals surface area contributed by atoms with Gasteiger partial charge in [-0.05, 0) is 13.0 Å². The molecule has 0 fully saturated rings. The fourth-order valence-electron chi connectivity index (χ4n) is 0.818. The summed E-state index contributed by atoms with van der Waals surface area (Å²) in [6, 6.07) is 0. The normalized spacial score (nSPS) is 19.0. The third-order valence-corrected chi connectivity index (χ3v) is 1.43. The molecule has 3 N–H and O–H groups in total. The van der Waals surface area contributed by atoms with Crippen molar-refractivity contribution in [1.29, 1.82) is 5.41 Å². The van der Waals surface area contributed by atoms with E-state index >= 15 is 0 Å². The number of carbonyl (C=O) groups is 1. The predicted molar refractivity (Wildman–Crippen MR) is 47.9 cm³/mol. The number of hydrogen-bond donors (Lipinski definition) is 3. The Labute approximate surface area is 75.9 Å². The molecule has 1 aliphatic rings. The van der Waals surface area contributed by atoms with Gasteiger partial charge in [0.05, 0.1) is 17.9 Å². The van der Waals surface area contributed by atoms with E-state index in [2.05, 4.69) is 10.8 Å². The van der Waals surface area contributed by atoms with Gasteiger partial charge in [-0.15, -0.1) is 0 Å². The molecule has 0 bridgehead atoms. The van der Waals surface area contributed by atoms with Crippen LogP contribution in [0.25, 0.3) is 0 Å². The van der Waals surface area contributed by atoms with E-state index in [1.54, 1.807) is 0 Å². The van der Waals surface area contributed by atoms with Crippen LogP contribution < -0.4 is 10.8 Å². The van der Waals surface area contributed by atoms with Crippen LogP contribution in [-0.4, -0.2) is 18.2 Å². The van der Waals surface area contributed by atoms with Gasteiger partial charge in [0.1, 0.15) is 0 Å². The highest BCUT2D eigenvalue weighted by Gasteiger charge is 2.15. The van der Waals surface area contributed by atoms with Gasteiger partial charge in [-0.3, -0.25) is 20.5 Å².